The summed E-state index contributed by atoms with van der Waals surface area (Å²) in [6, 6.07) is 12.7. The third kappa shape index (κ3) is 4.72. The van der Waals surface area contributed by atoms with Gasteiger partial charge in [-0.05, 0) is 61.4 Å². The van der Waals surface area contributed by atoms with Gasteiger partial charge in [-0.2, -0.15) is 37.2 Å². The van der Waals surface area contributed by atoms with Gasteiger partial charge >= 0.3 is 12.7 Å². The van der Waals surface area contributed by atoms with Crippen molar-refractivity contribution in [2.45, 2.75) is 26.6 Å². The van der Waals surface area contributed by atoms with Crippen LogP contribution in [0.1, 0.15) is 23.4 Å². The van der Waals surface area contributed by atoms with Crippen LogP contribution in [0.2, 0.25) is 0 Å². The van der Waals surface area contributed by atoms with Crippen LogP contribution in [0.4, 0.5) is 22.0 Å². The third-order valence-electron chi connectivity index (χ3n) is 5.88. The molecule has 0 aliphatic heterocycles. The van der Waals surface area contributed by atoms with Crippen molar-refractivity contribution in [2.24, 2.45) is 0 Å². The maximum absolute atomic E-state index is 13.3. The first-order valence-corrected chi connectivity index (χ1v) is 11.3. The standard InChI is InChI=1S/C26H19F5N6O/c1-15-10-17(18-13-32-36(14-18)25(27)28)6-7-21(15)35-9-8-23(38)24(34-35)22-11-16(2)33-37(22)20-5-3-4-19(12-20)26(29,30)31/h3-14,25H,1-2H3. The lowest BCUT2D eigenvalue weighted by atomic mass is 10.1. The Kier molecular flexibility index (Phi) is 6.17. The van der Waals surface area contributed by atoms with E-state index in [1.165, 1.54) is 46.2 Å². The fraction of sp³-hybridized carbons (Fsp3) is 0.154. The summed E-state index contributed by atoms with van der Waals surface area (Å²) in [6.07, 6.45) is -0.488. The second-order valence-electron chi connectivity index (χ2n) is 8.59. The molecule has 0 spiro atoms. The fourth-order valence-electron chi connectivity index (χ4n) is 4.08. The number of nitrogens with zero attached hydrogens (tertiary/aromatic N) is 6. The number of halogens is 5. The topological polar surface area (TPSA) is 70.5 Å². The quantitative estimate of drug-likeness (QED) is 0.264. The van der Waals surface area contributed by atoms with Crippen LogP contribution in [0.15, 0.2) is 78.0 Å². The van der Waals surface area contributed by atoms with E-state index in [0.717, 1.165) is 17.7 Å². The van der Waals surface area contributed by atoms with Gasteiger partial charge in [0.2, 0.25) is 5.43 Å². The molecule has 0 radical (unpaired) electrons. The average molecular weight is 526 g/mol. The largest absolute Gasteiger partial charge is 0.416 e. The first-order chi connectivity index (χ1) is 18.0. The molecule has 12 heteroatoms. The number of hydrogen-bond acceptors (Lipinski definition) is 4. The molecule has 0 saturated heterocycles. The predicted octanol–water partition coefficient (Wildman–Crippen LogP) is 5.98. The molecule has 7 nitrogen and oxygen atoms in total. The van der Waals surface area contributed by atoms with Crippen molar-refractivity contribution in [2.75, 3.05) is 0 Å². The van der Waals surface area contributed by atoms with Gasteiger partial charge in [0.1, 0.15) is 0 Å². The second-order valence-corrected chi connectivity index (χ2v) is 8.59. The van der Waals surface area contributed by atoms with E-state index in [0.29, 0.717) is 27.2 Å². The zero-order chi connectivity index (χ0) is 27.2. The Bertz CT molecular complexity index is 1700. The predicted molar refractivity (Wildman–Crippen MR) is 129 cm³/mol. The molecule has 0 bridgehead atoms. The summed E-state index contributed by atoms with van der Waals surface area (Å²) in [7, 11) is 0. The number of benzene rings is 2. The molecule has 194 valence electrons. The molecule has 0 amide bonds. The smallest absolute Gasteiger partial charge is 0.287 e. The van der Waals surface area contributed by atoms with E-state index in [9.17, 15) is 26.7 Å². The molecule has 0 saturated carbocycles. The van der Waals surface area contributed by atoms with E-state index in [1.54, 1.807) is 38.1 Å². The minimum absolute atomic E-state index is 0.00722. The third-order valence-corrected chi connectivity index (χ3v) is 5.88. The van der Waals surface area contributed by atoms with Crippen LogP contribution in [-0.2, 0) is 6.18 Å². The lowest BCUT2D eigenvalue weighted by Crippen LogP contribution is -2.15. The first-order valence-electron chi connectivity index (χ1n) is 11.3. The van der Waals surface area contributed by atoms with Crippen molar-refractivity contribution in [3.8, 4) is 33.9 Å². The molecule has 0 unspecified atom stereocenters. The highest BCUT2D eigenvalue weighted by atomic mass is 19.4. The molecule has 5 rings (SSSR count). The van der Waals surface area contributed by atoms with Crippen LogP contribution in [-0.4, -0.2) is 29.3 Å². The monoisotopic (exact) mass is 526 g/mol. The fourth-order valence-corrected chi connectivity index (χ4v) is 4.08. The van der Waals surface area contributed by atoms with Gasteiger partial charge in [-0.25, -0.2) is 14.0 Å². The Balaban J connectivity index is 1.56. The highest BCUT2D eigenvalue weighted by Crippen LogP contribution is 2.31. The van der Waals surface area contributed by atoms with Gasteiger partial charge in [0.15, 0.2) is 5.69 Å². The van der Waals surface area contributed by atoms with E-state index < -0.39 is 23.7 Å². The van der Waals surface area contributed by atoms with Gasteiger partial charge in [0, 0.05) is 24.0 Å². The molecule has 0 aliphatic carbocycles. The molecular formula is C26H19F5N6O. The summed E-state index contributed by atoms with van der Waals surface area (Å²) in [5.74, 6) is 0. The zero-order valence-electron chi connectivity index (χ0n) is 20.0. The van der Waals surface area contributed by atoms with Gasteiger partial charge in [0.05, 0.1) is 34.5 Å². The summed E-state index contributed by atoms with van der Waals surface area (Å²) in [5.41, 5.74) is 2.07. The molecule has 5 aromatic rings. The minimum atomic E-state index is -4.54. The number of aryl methyl sites for hydroxylation is 2. The van der Waals surface area contributed by atoms with Crippen LogP contribution in [0.5, 0.6) is 0 Å². The Morgan fingerprint density at radius 1 is 0.921 bits per heavy atom. The minimum Gasteiger partial charge on any atom is -0.287 e. The Labute approximate surface area is 212 Å². The van der Waals surface area contributed by atoms with Crippen molar-refractivity contribution in [1.82, 2.24) is 29.3 Å². The van der Waals surface area contributed by atoms with E-state index >= 15 is 0 Å². The van der Waals surface area contributed by atoms with Gasteiger partial charge in [-0.1, -0.05) is 12.1 Å². The van der Waals surface area contributed by atoms with Crippen molar-refractivity contribution in [3.05, 3.63) is 100 Å². The number of aromatic nitrogens is 6. The summed E-state index contributed by atoms with van der Waals surface area (Å²) < 4.78 is 68.9. The van der Waals surface area contributed by atoms with Crippen molar-refractivity contribution < 1.29 is 22.0 Å². The molecule has 3 aromatic heterocycles. The SMILES string of the molecule is Cc1cc(-c2nn(-c3ccc(-c4cnn(C(F)F)c4)cc3C)ccc2=O)n(-c2cccc(C(F)(F)F)c2)n1. The van der Waals surface area contributed by atoms with E-state index in [2.05, 4.69) is 15.3 Å². The Hall–Kier alpha value is -4.61. The summed E-state index contributed by atoms with van der Waals surface area (Å²) in [5, 5.41) is 12.4. The van der Waals surface area contributed by atoms with Gasteiger partial charge in [-0.15, -0.1) is 0 Å². The van der Waals surface area contributed by atoms with Crippen LogP contribution in [0.25, 0.3) is 33.9 Å². The Morgan fingerprint density at radius 3 is 2.39 bits per heavy atom. The summed E-state index contributed by atoms with van der Waals surface area (Å²) in [4.78, 5) is 12.8. The number of alkyl halides is 5. The maximum Gasteiger partial charge on any atom is 0.416 e. The van der Waals surface area contributed by atoms with E-state index in [4.69, 9.17) is 0 Å². The summed E-state index contributed by atoms with van der Waals surface area (Å²) >= 11 is 0. The zero-order valence-corrected chi connectivity index (χ0v) is 20.0. The van der Waals surface area contributed by atoms with Crippen molar-refractivity contribution in [1.29, 1.82) is 0 Å². The summed E-state index contributed by atoms with van der Waals surface area (Å²) in [6.45, 7) is 0.710. The molecular weight excluding hydrogens is 507 g/mol. The number of rotatable bonds is 5. The molecule has 0 atom stereocenters. The van der Waals surface area contributed by atoms with E-state index in [-0.39, 0.29) is 17.1 Å². The van der Waals surface area contributed by atoms with Gasteiger partial charge in [-0.3, -0.25) is 4.79 Å². The second kappa shape index (κ2) is 9.36. The lowest BCUT2D eigenvalue weighted by Gasteiger charge is -2.13. The van der Waals surface area contributed by atoms with Crippen LogP contribution >= 0.6 is 0 Å². The molecule has 2 aromatic carbocycles. The number of hydrogen-bond donors (Lipinski definition) is 0. The van der Waals surface area contributed by atoms with Gasteiger partial charge in [0.25, 0.3) is 0 Å². The van der Waals surface area contributed by atoms with E-state index in [1.807, 2.05) is 0 Å². The Morgan fingerprint density at radius 2 is 1.71 bits per heavy atom. The molecule has 38 heavy (non-hydrogen) atoms. The molecule has 3 heterocycles. The normalized spacial score (nSPS) is 11.9. The first kappa shape index (κ1) is 25.1. The van der Waals surface area contributed by atoms with Crippen LogP contribution in [0.3, 0.4) is 0 Å². The molecule has 0 aliphatic rings. The van der Waals surface area contributed by atoms with Crippen molar-refractivity contribution in [3.63, 3.8) is 0 Å². The van der Waals surface area contributed by atoms with Crippen LogP contribution in [0, 0.1) is 13.8 Å². The van der Waals surface area contributed by atoms with Gasteiger partial charge < -0.3 is 0 Å². The molecule has 0 fully saturated rings. The van der Waals surface area contributed by atoms with Crippen molar-refractivity contribution >= 4 is 0 Å². The van der Waals surface area contributed by atoms with Crippen LogP contribution < -0.4 is 5.43 Å². The maximum atomic E-state index is 13.3. The highest BCUT2D eigenvalue weighted by Gasteiger charge is 2.31. The highest BCUT2D eigenvalue weighted by molar-refractivity contribution is 5.65. The lowest BCUT2D eigenvalue weighted by molar-refractivity contribution is -0.137. The average Bonchev–Trinajstić information content (AvgIpc) is 3.52. The molecule has 0 N–H and O–H groups in total.